The fourth-order valence-electron chi connectivity index (χ4n) is 1.67. The number of carbonyl (C=O) groups excluding carboxylic acids is 1. The van der Waals surface area contributed by atoms with E-state index in [1.807, 2.05) is 27.7 Å². The van der Waals surface area contributed by atoms with Crippen LogP contribution in [-0.2, 0) is 4.79 Å². The second-order valence-electron chi connectivity index (χ2n) is 4.33. The van der Waals surface area contributed by atoms with Crippen molar-refractivity contribution in [2.45, 2.75) is 34.6 Å². The Hall–Kier alpha value is -0.410. The molecule has 1 rings (SSSR count). The Labute approximate surface area is 101 Å². The van der Waals surface area contributed by atoms with E-state index in [1.165, 1.54) is 0 Å². The topological polar surface area (TPSA) is 23.6 Å². The first kappa shape index (κ1) is 15.6. The van der Waals surface area contributed by atoms with Crippen molar-refractivity contribution >= 4 is 5.78 Å². The maximum absolute atomic E-state index is 11.5. The standard InChI is InChI=1S/C11H22N2O.C2H6/c1-4-12-5-7-13(8-6-12)9-11(14)10(2)3;1-2/h10H,4-9H2,1-3H3;1-2H3. The minimum absolute atomic E-state index is 0.180. The third-order valence-electron chi connectivity index (χ3n) is 2.94. The predicted molar refractivity (Wildman–Crippen MR) is 69.7 cm³/mol. The van der Waals surface area contributed by atoms with Crippen LogP contribution in [0.25, 0.3) is 0 Å². The minimum atomic E-state index is 0.180. The van der Waals surface area contributed by atoms with Gasteiger partial charge in [0.25, 0.3) is 0 Å². The molecule has 0 bridgehead atoms. The van der Waals surface area contributed by atoms with Crippen LogP contribution in [0.4, 0.5) is 0 Å². The summed E-state index contributed by atoms with van der Waals surface area (Å²) in [6.07, 6.45) is 0. The SMILES string of the molecule is CC.CCN1CCN(CC(=O)C(C)C)CC1. The summed E-state index contributed by atoms with van der Waals surface area (Å²) in [7, 11) is 0. The van der Waals surface area contributed by atoms with Crippen molar-refractivity contribution in [1.82, 2.24) is 9.80 Å². The van der Waals surface area contributed by atoms with Crippen LogP contribution in [0.15, 0.2) is 0 Å². The second-order valence-corrected chi connectivity index (χ2v) is 4.33. The first-order chi connectivity index (χ1) is 7.63. The number of likely N-dealkylation sites (N-methyl/N-ethyl adjacent to an activating group) is 1. The number of hydrogen-bond donors (Lipinski definition) is 0. The lowest BCUT2D eigenvalue weighted by atomic mass is 10.1. The Morgan fingerprint density at radius 3 is 1.88 bits per heavy atom. The van der Waals surface area contributed by atoms with Crippen LogP contribution >= 0.6 is 0 Å². The van der Waals surface area contributed by atoms with Gasteiger partial charge in [0.15, 0.2) is 0 Å². The normalized spacial score (nSPS) is 18.1. The van der Waals surface area contributed by atoms with Gasteiger partial charge in [-0.25, -0.2) is 0 Å². The Kier molecular flexibility index (Phi) is 8.49. The number of hydrogen-bond acceptors (Lipinski definition) is 3. The first-order valence-electron chi connectivity index (χ1n) is 6.61. The fraction of sp³-hybridized carbons (Fsp3) is 0.923. The summed E-state index contributed by atoms with van der Waals surface area (Å²) in [6, 6.07) is 0. The van der Waals surface area contributed by atoms with Crippen LogP contribution < -0.4 is 0 Å². The van der Waals surface area contributed by atoms with Gasteiger partial charge in [-0.05, 0) is 6.54 Å². The van der Waals surface area contributed by atoms with Gasteiger partial charge in [-0.3, -0.25) is 9.69 Å². The lowest BCUT2D eigenvalue weighted by molar-refractivity contribution is -0.123. The maximum atomic E-state index is 11.5. The van der Waals surface area contributed by atoms with E-state index in [9.17, 15) is 4.79 Å². The highest BCUT2D eigenvalue weighted by Gasteiger charge is 2.18. The molecule has 0 spiro atoms. The molecule has 0 aliphatic carbocycles. The molecule has 1 fully saturated rings. The summed E-state index contributed by atoms with van der Waals surface area (Å²) in [5.74, 6) is 0.550. The summed E-state index contributed by atoms with van der Waals surface area (Å²) in [4.78, 5) is 16.2. The van der Waals surface area contributed by atoms with Gasteiger partial charge >= 0.3 is 0 Å². The lowest BCUT2D eigenvalue weighted by Crippen LogP contribution is -2.48. The fourth-order valence-corrected chi connectivity index (χ4v) is 1.67. The van der Waals surface area contributed by atoms with Crippen molar-refractivity contribution in [3.63, 3.8) is 0 Å². The minimum Gasteiger partial charge on any atom is -0.301 e. The summed E-state index contributed by atoms with van der Waals surface area (Å²) < 4.78 is 0. The predicted octanol–water partition coefficient (Wildman–Crippen LogP) is 1.88. The van der Waals surface area contributed by atoms with E-state index in [-0.39, 0.29) is 5.92 Å². The van der Waals surface area contributed by atoms with Crippen LogP contribution in [0.3, 0.4) is 0 Å². The van der Waals surface area contributed by atoms with Gasteiger partial charge in [0.05, 0.1) is 6.54 Å². The summed E-state index contributed by atoms with van der Waals surface area (Å²) in [6.45, 7) is 16.2. The van der Waals surface area contributed by atoms with E-state index in [1.54, 1.807) is 0 Å². The van der Waals surface area contributed by atoms with Crippen LogP contribution in [0.2, 0.25) is 0 Å². The molecule has 0 aromatic heterocycles. The van der Waals surface area contributed by atoms with Gasteiger partial charge in [-0.2, -0.15) is 0 Å². The van der Waals surface area contributed by atoms with Crippen molar-refractivity contribution in [1.29, 1.82) is 0 Å². The quantitative estimate of drug-likeness (QED) is 0.734. The van der Waals surface area contributed by atoms with E-state index in [0.717, 1.165) is 32.7 Å². The molecule has 16 heavy (non-hydrogen) atoms. The van der Waals surface area contributed by atoms with Gasteiger partial charge < -0.3 is 4.90 Å². The highest BCUT2D eigenvalue weighted by Crippen LogP contribution is 2.03. The molecule has 0 amide bonds. The summed E-state index contributed by atoms with van der Waals surface area (Å²) in [5.41, 5.74) is 0. The molecular formula is C13H28N2O. The monoisotopic (exact) mass is 228 g/mol. The number of Topliss-reactive ketones (excluding diaryl/α,β-unsaturated/α-hetero) is 1. The van der Waals surface area contributed by atoms with Crippen LogP contribution in [0.1, 0.15) is 34.6 Å². The average molecular weight is 228 g/mol. The zero-order valence-electron chi connectivity index (χ0n) is 11.6. The number of rotatable bonds is 4. The molecule has 0 radical (unpaired) electrons. The molecule has 0 aromatic rings. The molecule has 0 atom stereocenters. The van der Waals surface area contributed by atoms with Crippen molar-refractivity contribution in [3.05, 3.63) is 0 Å². The molecule has 0 N–H and O–H groups in total. The molecule has 1 aliphatic heterocycles. The summed E-state index contributed by atoms with van der Waals surface area (Å²) >= 11 is 0. The Bertz CT molecular complexity index is 184. The highest BCUT2D eigenvalue weighted by atomic mass is 16.1. The van der Waals surface area contributed by atoms with E-state index >= 15 is 0 Å². The molecule has 0 unspecified atom stereocenters. The van der Waals surface area contributed by atoms with E-state index in [4.69, 9.17) is 0 Å². The van der Waals surface area contributed by atoms with Crippen molar-refractivity contribution in [2.24, 2.45) is 5.92 Å². The third kappa shape index (κ3) is 5.61. The van der Waals surface area contributed by atoms with Gasteiger partial charge in [0.2, 0.25) is 0 Å². The second kappa shape index (κ2) is 8.71. The van der Waals surface area contributed by atoms with E-state index < -0.39 is 0 Å². The zero-order chi connectivity index (χ0) is 12.6. The molecule has 0 saturated carbocycles. The summed E-state index contributed by atoms with van der Waals surface area (Å²) in [5, 5.41) is 0. The molecule has 3 heteroatoms. The van der Waals surface area contributed by atoms with E-state index in [0.29, 0.717) is 12.3 Å². The number of carbonyl (C=O) groups is 1. The largest absolute Gasteiger partial charge is 0.301 e. The van der Waals surface area contributed by atoms with Gasteiger partial charge in [0.1, 0.15) is 5.78 Å². The van der Waals surface area contributed by atoms with E-state index in [2.05, 4.69) is 16.7 Å². The maximum Gasteiger partial charge on any atom is 0.149 e. The molecule has 96 valence electrons. The molecular weight excluding hydrogens is 200 g/mol. The van der Waals surface area contributed by atoms with Gasteiger partial charge in [-0.1, -0.05) is 34.6 Å². The van der Waals surface area contributed by atoms with Gasteiger partial charge in [0, 0.05) is 32.1 Å². The number of nitrogens with zero attached hydrogens (tertiary/aromatic N) is 2. The number of ketones is 1. The molecule has 0 aromatic carbocycles. The average Bonchev–Trinajstić information content (AvgIpc) is 2.32. The molecule has 3 nitrogen and oxygen atoms in total. The van der Waals surface area contributed by atoms with Crippen LogP contribution in [0, 0.1) is 5.92 Å². The Balaban J connectivity index is 0.00000106. The van der Waals surface area contributed by atoms with Crippen molar-refractivity contribution < 1.29 is 4.79 Å². The zero-order valence-corrected chi connectivity index (χ0v) is 11.6. The Morgan fingerprint density at radius 1 is 1.06 bits per heavy atom. The van der Waals surface area contributed by atoms with Crippen LogP contribution in [-0.4, -0.2) is 54.9 Å². The lowest BCUT2D eigenvalue weighted by Gasteiger charge is -2.33. The van der Waals surface area contributed by atoms with Gasteiger partial charge in [-0.15, -0.1) is 0 Å². The highest BCUT2D eigenvalue weighted by molar-refractivity contribution is 5.82. The molecule has 1 heterocycles. The van der Waals surface area contributed by atoms with Crippen molar-refractivity contribution in [2.75, 3.05) is 39.3 Å². The molecule has 1 saturated heterocycles. The Morgan fingerprint density at radius 2 is 1.50 bits per heavy atom. The number of piperazine rings is 1. The molecule has 1 aliphatic rings. The van der Waals surface area contributed by atoms with Crippen molar-refractivity contribution in [3.8, 4) is 0 Å². The first-order valence-corrected chi connectivity index (χ1v) is 6.61. The third-order valence-corrected chi connectivity index (χ3v) is 2.94. The smallest absolute Gasteiger partial charge is 0.149 e. The van der Waals surface area contributed by atoms with Crippen LogP contribution in [0.5, 0.6) is 0 Å².